The van der Waals surface area contributed by atoms with Gasteiger partial charge in [-0.05, 0) is 63.7 Å². The molecule has 31 heavy (non-hydrogen) atoms. The highest BCUT2D eigenvalue weighted by atomic mass is 16.5. The summed E-state index contributed by atoms with van der Waals surface area (Å²) in [6.45, 7) is 8.42. The Morgan fingerprint density at radius 2 is 1.97 bits per heavy atom. The number of nitrogens with one attached hydrogen (secondary N) is 2. The van der Waals surface area contributed by atoms with Crippen molar-refractivity contribution in [1.82, 2.24) is 15.3 Å². The highest BCUT2D eigenvalue weighted by molar-refractivity contribution is 5.88. The van der Waals surface area contributed by atoms with Gasteiger partial charge < -0.3 is 20.3 Å². The number of aromatic nitrogens is 2. The second-order valence-corrected chi connectivity index (χ2v) is 8.54. The van der Waals surface area contributed by atoms with Crippen LogP contribution in [-0.2, 0) is 4.74 Å². The van der Waals surface area contributed by atoms with Crippen LogP contribution in [0.5, 0.6) is 0 Å². The zero-order valence-electron chi connectivity index (χ0n) is 18.5. The molecule has 7 heteroatoms. The summed E-state index contributed by atoms with van der Waals surface area (Å²) in [4.78, 5) is 22.7. The van der Waals surface area contributed by atoms with Crippen LogP contribution >= 0.6 is 0 Å². The van der Waals surface area contributed by atoms with Crippen molar-refractivity contribution >= 4 is 17.6 Å². The van der Waals surface area contributed by atoms with Gasteiger partial charge in [-0.3, -0.25) is 0 Å². The predicted molar refractivity (Wildman–Crippen MR) is 123 cm³/mol. The fraction of sp³-hybridized carbons (Fsp3) is 0.542. The van der Waals surface area contributed by atoms with E-state index in [1.807, 2.05) is 0 Å². The molecule has 1 saturated heterocycles. The Balaban J connectivity index is 1.18. The van der Waals surface area contributed by atoms with Gasteiger partial charge in [0, 0.05) is 43.1 Å². The molecule has 0 radical (unpaired) electrons. The Kier molecular flexibility index (Phi) is 7.02. The minimum Gasteiger partial charge on any atom is -0.462 e. The predicted octanol–water partition coefficient (Wildman–Crippen LogP) is 3.45. The molecule has 2 unspecified atom stereocenters. The molecule has 0 saturated carbocycles. The SMILES string of the molecule is CCOC(=O)c1cnc(N2CCC(CNCCC3c4ccccc4NC3C)CC2)nc1. The lowest BCUT2D eigenvalue weighted by atomic mass is 9.92. The van der Waals surface area contributed by atoms with Crippen molar-refractivity contribution in [3.8, 4) is 0 Å². The summed E-state index contributed by atoms with van der Waals surface area (Å²) in [7, 11) is 0. The third-order valence-electron chi connectivity index (χ3n) is 6.46. The number of para-hydroxylation sites is 1. The van der Waals surface area contributed by atoms with Crippen molar-refractivity contribution in [1.29, 1.82) is 0 Å². The Morgan fingerprint density at radius 3 is 2.71 bits per heavy atom. The summed E-state index contributed by atoms with van der Waals surface area (Å²) >= 11 is 0. The van der Waals surface area contributed by atoms with E-state index in [0.29, 0.717) is 36.0 Å². The van der Waals surface area contributed by atoms with Crippen LogP contribution in [0.15, 0.2) is 36.7 Å². The number of carbonyl (C=O) groups is 1. The summed E-state index contributed by atoms with van der Waals surface area (Å²) in [6.07, 6.45) is 6.53. The summed E-state index contributed by atoms with van der Waals surface area (Å²) in [5.74, 6) is 1.59. The molecular weight excluding hydrogens is 390 g/mol. The van der Waals surface area contributed by atoms with Crippen LogP contribution in [0.2, 0.25) is 0 Å². The Morgan fingerprint density at radius 1 is 1.23 bits per heavy atom. The van der Waals surface area contributed by atoms with Crippen LogP contribution in [0.25, 0.3) is 0 Å². The number of esters is 1. The molecule has 166 valence electrons. The average Bonchev–Trinajstić information content (AvgIpc) is 3.12. The van der Waals surface area contributed by atoms with E-state index in [-0.39, 0.29) is 5.97 Å². The molecule has 0 spiro atoms. The maximum absolute atomic E-state index is 11.7. The first kappa shape index (κ1) is 21.6. The van der Waals surface area contributed by atoms with Gasteiger partial charge in [0.1, 0.15) is 0 Å². The Labute approximate surface area is 184 Å². The lowest BCUT2D eigenvalue weighted by molar-refractivity contribution is 0.0525. The molecule has 4 rings (SSSR count). The van der Waals surface area contributed by atoms with E-state index in [0.717, 1.165) is 45.4 Å². The molecule has 7 nitrogen and oxygen atoms in total. The first-order chi connectivity index (χ1) is 15.2. The normalized spacial score (nSPS) is 20.9. The van der Waals surface area contributed by atoms with E-state index in [1.165, 1.54) is 11.3 Å². The van der Waals surface area contributed by atoms with Gasteiger partial charge in [-0.2, -0.15) is 0 Å². The maximum atomic E-state index is 11.7. The van der Waals surface area contributed by atoms with Gasteiger partial charge in [0.25, 0.3) is 0 Å². The number of rotatable bonds is 8. The number of benzene rings is 1. The molecule has 1 fully saturated rings. The molecular formula is C24H33N5O2. The number of carbonyl (C=O) groups excluding carboxylic acids is 1. The van der Waals surface area contributed by atoms with Crippen molar-refractivity contribution in [3.05, 3.63) is 47.8 Å². The van der Waals surface area contributed by atoms with Gasteiger partial charge in [0.15, 0.2) is 0 Å². The van der Waals surface area contributed by atoms with Crippen LogP contribution in [0.1, 0.15) is 54.9 Å². The highest BCUT2D eigenvalue weighted by Gasteiger charge is 2.28. The van der Waals surface area contributed by atoms with E-state index in [9.17, 15) is 4.79 Å². The zero-order chi connectivity index (χ0) is 21.6. The van der Waals surface area contributed by atoms with E-state index in [2.05, 4.69) is 56.7 Å². The van der Waals surface area contributed by atoms with E-state index < -0.39 is 0 Å². The van der Waals surface area contributed by atoms with Crippen LogP contribution < -0.4 is 15.5 Å². The fourth-order valence-corrected chi connectivity index (χ4v) is 4.68. The standard InChI is InChI=1S/C24H33N5O2/c1-3-31-23(30)19-15-26-24(27-16-19)29-12-9-18(10-13-29)14-25-11-8-20-17(2)28-22-7-5-4-6-21(20)22/h4-7,15-18,20,25,28H,3,8-14H2,1-2H3. The van der Waals surface area contributed by atoms with E-state index in [4.69, 9.17) is 4.74 Å². The first-order valence-electron chi connectivity index (χ1n) is 11.5. The minimum absolute atomic E-state index is 0.353. The second-order valence-electron chi connectivity index (χ2n) is 8.54. The Bertz CT molecular complexity index is 865. The molecule has 1 aromatic carbocycles. The molecule has 0 bridgehead atoms. The molecule has 0 aliphatic carbocycles. The summed E-state index contributed by atoms with van der Waals surface area (Å²) in [6, 6.07) is 9.18. The molecule has 2 aliphatic heterocycles. The second kappa shape index (κ2) is 10.1. The topological polar surface area (TPSA) is 79.4 Å². The quantitative estimate of drug-likeness (QED) is 0.497. The van der Waals surface area contributed by atoms with Gasteiger partial charge in [-0.25, -0.2) is 14.8 Å². The fourth-order valence-electron chi connectivity index (χ4n) is 4.68. The van der Waals surface area contributed by atoms with Crippen molar-refractivity contribution < 1.29 is 9.53 Å². The highest BCUT2D eigenvalue weighted by Crippen LogP contribution is 2.37. The van der Waals surface area contributed by atoms with Crippen LogP contribution in [0, 0.1) is 5.92 Å². The van der Waals surface area contributed by atoms with Gasteiger partial charge in [0.05, 0.1) is 12.2 Å². The number of anilines is 2. The average molecular weight is 424 g/mol. The van der Waals surface area contributed by atoms with Crippen LogP contribution in [0.3, 0.4) is 0 Å². The monoisotopic (exact) mass is 423 g/mol. The minimum atomic E-state index is -0.370. The number of ether oxygens (including phenoxy) is 1. The number of fused-ring (bicyclic) bond motifs is 1. The zero-order valence-corrected chi connectivity index (χ0v) is 18.5. The van der Waals surface area contributed by atoms with Crippen LogP contribution in [-0.4, -0.2) is 54.8 Å². The van der Waals surface area contributed by atoms with Gasteiger partial charge >= 0.3 is 5.97 Å². The number of nitrogens with zero attached hydrogens (tertiary/aromatic N) is 3. The number of piperidine rings is 1. The molecule has 2 aliphatic rings. The third-order valence-corrected chi connectivity index (χ3v) is 6.46. The van der Waals surface area contributed by atoms with E-state index in [1.54, 1.807) is 19.3 Å². The third kappa shape index (κ3) is 5.15. The first-order valence-corrected chi connectivity index (χ1v) is 11.5. The van der Waals surface area contributed by atoms with Crippen molar-refractivity contribution in [2.24, 2.45) is 5.92 Å². The molecule has 2 atom stereocenters. The van der Waals surface area contributed by atoms with Gasteiger partial charge in [-0.15, -0.1) is 0 Å². The van der Waals surface area contributed by atoms with Crippen molar-refractivity contribution in [3.63, 3.8) is 0 Å². The molecule has 2 N–H and O–H groups in total. The smallest absolute Gasteiger partial charge is 0.341 e. The molecule has 0 amide bonds. The molecule has 1 aromatic heterocycles. The molecule has 3 heterocycles. The Hall–Kier alpha value is -2.67. The summed E-state index contributed by atoms with van der Waals surface area (Å²) in [5, 5.41) is 7.29. The number of hydrogen-bond donors (Lipinski definition) is 2. The lowest BCUT2D eigenvalue weighted by Gasteiger charge is -2.32. The largest absolute Gasteiger partial charge is 0.462 e. The summed E-state index contributed by atoms with van der Waals surface area (Å²) in [5.41, 5.74) is 3.16. The van der Waals surface area contributed by atoms with Gasteiger partial charge in [0.2, 0.25) is 5.95 Å². The summed E-state index contributed by atoms with van der Waals surface area (Å²) < 4.78 is 4.99. The van der Waals surface area contributed by atoms with Crippen molar-refractivity contribution in [2.75, 3.05) is 43.0 Å². The lowest BCUT2D eigenvalue weighted by Crippen LogP contribution is -2.38. The van der Waals surface area contributed by atoms with Crippen LogP contribution in [0.4, 0.5) is 11.6 Å². The maximum Gasteiger partial charge on any atom is 0.341 e. The number of hydrogen-bond acceptors (Lipinski definition) is 7. The van der Waals surface area contributed by atoms with Gasteiger partial charge in [-0.1, -0.05) is 18.2 Å². The van der Waals surface area contributed by atoms with Crippen molar-refractivity contribution in [2.45, 2.75) is 45.1 Å². The molecule has 2 aromatic rings. The van der Waals surface area contributed by atoms with E-state index >= 15 is 0 Å².